The summed E-state index contributed by atoms with van der Waals surface area (Å²) in [5.74, 6) is 1.57. The van der Waals surface area contributed by atoms with Crippen LogP contribution in [-0.4, -0.2) is 18.8 Å². The third-order valence-electron chi connectivity index (χ3n) is 3.77. The highest BCUT2D eigenvalue weighted by Crippen LogP contribution is 2.38. The van der Waals surface area contributed by atoms with Gasteiger partial charge in [-0.05, 0) is 37.5 Å². The van der Waals surface area contributed by atoms with E-state index in [1.807, 2.05) is 0 Å². The van der Waals surface area contributed by atoms with Crippen LogP contribution in [0.5, 0.6) is 0 Å². The van der Waals surface area contributed by atoms with Crippen molar-refractivity contribution in [3.8, 4) is 0 Å². The fraction of sp³-hybridized carbons (Fsp3) is 1.00. The van der Waals surface area contributed by atoms with Gasteiger partial charge in [0, 0.05) is 13.2 Å². The molecule has 1 saturated carbocycles. The smallest absolute Gasteiger partial charge is 0.0806 e. The minimum atomic E-state index is 0.00317. The first kappa shape index (κ1) is 13.0. The zero-order valence-electron chi connectivity index (χ0n) is 10.6. The van der Waals surface area contributed by atoms with E-state index in [1.165, 1.54) is 19.3 Å². The minimum absolute atomic E-state index is 0.00317. The lowest BCUT2D eigenvalue weighted by molar-refractivity contribution is -0.0809. The summed E-state index contributed by atoms with van der Waals surface area (Å²) in [5, 5.41) is 0. The van der Waals surface area contributed by atoms with Gasteiger partial charge in [0.05, 0.1) is 5.60 Å². The molecule has 0 amide bonds. The van der Waals surface area contributed by atoms with Gasteiger partial charge in [0.25, 0.3) is 0 Å². The van der Waals surface area contributed by atoms with E-state index >= 15 is 0 Å². The number of hydrogen-bond acceptors (Lipinski definition) is 2. The monoisotopic (exact) mass is 213 g/mol. The van der Waals surface area contributed by atoms with Crippen molar-refractivity contribution in [2.24, 2.45) is 17.6 Å². The second kappa shape index (κ2) is 5.86. The fourth-order valence-electron chi connectivity index (χ4n) is 2.63. The standard InChI is InChI=1S/C13H27NO/c1-4-8-15-13(10-14)7-5-6-12(9-13)11(2)3/h11-12H,4-10,14H2,1-3H3. The molecule has 2 unspecified atom stereocenters. The quantitative estimate of drug-likeness (QED) is 0.762. The largest absolute Gasteiger partial charge is 0.374 e. The highest BCUT2D eigenvalue weighted by molar-refractivity contribution is 4.90. The van der Waals surface area contributed by atoms with Crippen molar-refractivity contribution < 1.29 is 4.74 Å². The third kappa shape index (κ3) is 3.46. The van der Waals surface area contributed by atoms with Gasteiger partial charge in [0.2, 0.25) is 0 Å². The van der Waals surface area contributed by atoms with Crippen molar-refractivity contribution in [3.05, 3.63) is 0 Å². The van der Waals surface area contributed by atoms with Gasteiger partial charge in [-0.1, -0.05) is 27.2 Å². The van der Waals surface area contributed by atoms with Gasteiger partial charge in [-0.3, -0.25) is 0 Å². The molecule has 15 heavy (non-hydrogen) atoms. The summed E-state index contributed by atoms with van der Waals surface area (Å²) in [6, 6.07) is 0. The first-order valence-electron chi connectivity index (χ1n) is 6.47. The van der Waals surface area contributed by atoms with E-state index in [0.29, 0.717) is 6.54 Å². The molecule has 0 aromatic carbocycles. The van der Waals surface area contributed by atoms with E-state index < -0.39 is 0 Å². The molecule has 1 fully saturated rings. The molecule has 0 spiro atoms. The Kier molecular flexibility index (Phi) is 5.07. The Hall–Kier alpha value is -0.0800. The van der Waals surface area contributed by atoms with Gasteiger partial charge in [0.15, 0.2) is 0 Å². The van der Waals surface area contributed by atoms with Gasteiger partial charge in [-0.2, -0.15) is 0 Å². The Morgan fingerprint density at radius 2 is 2.20 bits per heavy atom. The predicted octanol–water partition coefficient (Wildman–Crippen LogP) is 2.96. The molecule has 0 radical (unpaired) electrons. The van der Waals surface area contributed by atoms with Crippen LogP contribution in [0.4, 0.5) is 0 Å². The van der Waals surface area contributed by atoms with Gasteiger partial charge in [-0.25, -0.2) is 0 Å². The number of hydrogen-bond donors (Lipinski definition) is 1. The van der Waals surface area contributed by atoms with Crippen molar-refractivity contribution in [3.63, 3.8) is 0 Å². The summed E-state index contributed by atoms with van der Waals surface area (Å²) in [5.41, 5.74) is 5.92. The Morgan fingerprint density at radius 1 is 1.47 bits per heavy atom. The molecule has 0 heterocycles. The van der Waals surface area contributed by atoms with Crippen LogP contribution < -0.4 is 5.73 Å². The van der Waals surface area contributed by atoms with Gasteiger partial charge in [-0.15, -0.1) is 0 Å². The minimum Gasteiger partial charge on any atom is -0.374 e. The van der Waals surface area contributed by atoms with Crippen LogP contribution in [-0.2, 0) is 4.74 Å². The third-order valence-corrected chi connectivity index (χ3v) is 3.77. The second-order valence-electron chi connectivity index (χ2n) is 5.34. The van der Waals surface area contributed by atoms with Crippen molar-refractivity contribution >= 4 is 0 Å². The van der Waals surface area contributed by atoms with Crippen LogP contribution in [0.1, 0.15) is 52.9 Å². The maximum absolute atomic E-state index is 6.02. The van der Waals surface area contributed by atoms with E-state index in [2.05, 4.69) is 20.8 Å². The van der Waals surface area contributed by atoms with Crippen molar-refractivity contribution in [1.82, 2.24) is 0 Å². The van der Waals surface area contributed by atoms with E-state index in [0.717, 1.165) is 31.3 Å². The lowest BCUT2D eigenvalue weighted by atomic mass is 9.73. The van der Waals surface area contributed by atoms with Crippen LogP contribution in [0.15, 0.2) is 0 Å². The first-order chi connectivity index (χ1) is 7.13. The van der Waals surface area contributed by atoms with E-state index in [-0.39, 0.29) is 5.60 Å². The van der Waals surface area contributed by atoms with E-state index in [4.69, 9.17) is 10.5 Å². The summed E-state index contributed by atoms with van der Waals surface area (Å²) < 4.78 is 6.02. The fourth-order valence-corrected chi connectivity index (χ4v) is 2.63. The lowest BCUT2D eigenvalue weighted by Gasteiger charge is -2.41. The summed E-state index contributed by atoms with van der Waals surface area (Å²) in [7, 11) is 0. The molecule has 2 nitrogen and oxygen atoms in total. The van der Waals surface area contributed by atoms with Crippen LogP contribution in [0.3, 0.4) is 0 Å². The Balaban J connectivity index is 2.55. The molecule has 1 aliphatic rings. The summed E-state index contributed by atoms with van der Waals surface area (Å²) in [6.45, 7) is 8.35. The van der Waals surface area contributed by atoms with Crippen LogP contribution in [0.2, 0.25) is 0 Å². The Bertz CT molecular complexity index is 181. The molecule has 0 aliphatic heterocycles. The second-order valence-corrected chi connectivity index (χ2v) is 5.34. The maximum Gasteiger partial charge on any atom is 0.0806 e. The van der Waals surface area contributed by atoms with Gasteiger partial charge in [0.1, 0.15) is 0 Å². The van der Waals surface area contributed by atoms with Gasteiger partial charge >= 0.3 is 0 Å². The predicted molar refractivity (Wildman–Crippen MR) is 64.8 cm³/mol. The Labute approximate surface area is 94.6 Å². The molecule has 90 valence electrons. The number of rotatable bonds is 5. The number of ether oxygens (including phenoxy) is 1. The van der Waals surface area contributed by atoms with Crippen molar-refractivity contribution in [1.29, 1.82) is 0 Å². The maximum atomic E-state index is 6.02. The summed E-state index contributed by atoms with van der Waals surface area (Å²) in [4.78, 5) is 0. The van der Waals surface area contributed by atoms with E-state index in [9.17, 15) is 0 Å². The molecular formula is C13H27NO. The molecule has 2 atom stereocenters. The SMILES string of the molecule is CCCOC1(CN)CCCC(C(C)C)C1. The van der Waals surface area contributed by atoms with Crippen LogP contribution in [0, 0.1) is 11.8 Å². The topological polar surface area (TPSA) is 35.2 Å². The van der Waals surface area contributed by atoms with Crippen LogP contribution in [0.25, 0.3) is 0 Å². The zero-order valence-corrected chi connectivity index (χ0v) is 10.6. The van der Waals surface area contributed by atoms with Crippen molar-refractivity contribution in [2.75, 3.05) is 13.2 Å². The van der Waals surface area contributed by atoms with E-state index in [1.54, 1.807) is 0 Å². The summed E-state index contributed by atoms with van der Waals surface area (Å²) in [6.07, 6.45) is 6.06. The molecule has 2 heteroatoms. The molecule has 0 bridgehead atoms. The molecule has 0 aromatic rings. The molecule has 1 rings (SSSR count). The molecule has 0 saturated heterocycles. The molecule has 2 N–H and O–H groups in total. The van der Waals surface area contributed by atoms with Crippen molar-refractivity contribution in [2.45, 2.75) is 58.5 Å². The molecule has 1 aliphatic carbocycles. The lowest BCUT2D eigenvalue weighted by Crippen LogP contribution is -2.46. The summed E-state index contributed by atoms with van der Waals surface area (Å²) >= 11 is 0. The molecular weight excluding hydrogens is 186 g/mol. The Morgan fingerprint density at radius 3 is 2.73 bits per heavy atom. The average molecular weight is 213 g/mol. The highest BCUT2D eigenvalue weighted by Gasteiger charge is 2.36. The first-order valence-corrected chi connectivity index (χ1v) is 6.47. The number of nitrogens with two attached hydrogens (primary N) is 1. The average Bonchev–Trinajstić information content (AvgIpc) is 2.26. The van der Waals surface area contributed by atoms with Crippen LogP contribution >= 0.6 is 0 Å². The normalized spacial score (nSPS) is 32.2. The molecule has 0 aromatic heterocycles. The zero-order chi connectivity index (χ0) is 11.3. The van der Waals surface area contributed by atoms with Gasteiger partial charge < -0.3 is 10.5 Å². The highest BCUT2D eigenvalue weighted by atomic mass is 16.5.